The van der Waals surface area contributed by atoms with Crippen molar-refractivity contribution in [1.82, 2.24) is 19.7 Å². The molecule has 33 heavy (non-hydrogen) atoms. The van der Waals surface area contributed by atoms with Gasteiger partial charge in [-0.05, 0) is 49.2 Å². The quantitative estimate of drug-likeness (QED) is 0.572. The normalized spacial score (nSPS) is 21.7. The van der Waals surface area contributed by atoms with Crippen LogP contribution in [-0.4, -0.2) is 58.0 Å². The lowest BCUT2D eigenvalue weighted by molar-refractivity contribution is 0.0349. The van der Waals surface area contributed by atoms with Crippen LogP contribution >= 0.6 is 0 Å². The molecule has 0 N–H and O–H groups in total. The van der Waals surface area contributed by atoms with E-state index in [4.69, 9.17) is 14.2 Å². The Balaban J connectivity index is 1.36. The summed E-state index contributed by atoms with van der Waals surface area (Å²) in [4.78, 5) is 19.8. The first-order chi connectivity index (χ1) is 16.1. The first-order valence-electron chi connectivity index (χ1n) is 11.2. The number of rotatable bonds is 6. The molecular weight excluding hydrogens is 420 g/mol. The van der Waals surface area contributed by atoms with Crippen LogP contribution in [0.4, 0.5) is 0 Å². The second-order valence-corrected chi connectivity index (χ2v) is 8.60. The highest BCUT2D eigenvalue weighted by Crippen LogP contribution is 2.39. The van der Waals surface area contributed by atoms with Crippen molar-refractivity contribution in [3.63, 3.8) is 0 Å². The van der Waals surface area contributed by atoms with Crippen LogP contribution in [0.5, 0.6) is 17.2 Å². The minimum atomic E-state index is 0.0189. The van der Waals surface area contributed by atoms with Crippen LogP contribution < -0.4 is 14.2 Å². The fraction of sp³-hybridized carbons (Fsp3) is 0.400. The Kier molecular flexibility index (Phi) is 5.66. The molecule has 2 bridgehead atoms. The van der Waals surface area contributed by atoms with Crippen LogP contribution in [0.1, 0.15) is 36.2 Å². The highest BCUT2D eigenvalue weighted by Gasteiger charge is 2.45. The zero-order valence-electron chi connectivity index (χ0n) is 19.1. The van der Waals surface area contributed by atoms with Crippen molar-refractivity contribution < 1.29 is 19.0 Å². The zero-order chi connectivity index (χ0) is 22.9. The van der Waals surface area contributed by atoms with E-state index in [1.54, 1.807) is 31.3 Å². The number of amides is 1. The number of aryl methyl sites for hydroxylation is 1. The molecule has 8 heteroatoms. The number of aromatic nitrogens is 3. The summed E-state index contributed by atoms with van der Waals surface area (Å²) < 4.78 is 18.7. The maximum absolute atomic E-state index is 13.6. The van der Waals surface area contributed by atoms with E-state index in [1.807, 2.05) is 48.3 Å². The maximum Gasteiger partial charge on any atom is 0.272 e. The van der Waals surface area contributed by atoms with Gasteiger partial charge in [0, 0.05) is 43.7 Å². The molecule has 2 saturated heterocycles. The lowest BCUT2D eigenvalue weighted by Crippen LogP contribution is -2.49. The fourth-order valence-electron chi connectivity index (χ4n) is 5.11. The topological polar surface area (TPSA) is 78.7 Å². The molecule has 0 aliphatic carbocycles. The van der Waals surface area contributed by atoms with Gasteiger partial charge in [-0.25, -0.2) is 0 Å². The first-order valence-corrected chi connectivity index (χ1v) is 11.2. The van der Waals surface area contributed by atoms with Crippen LogP contribution in [0, 0.1) is 0 Å². The van der Waals surface area contributed by atoms with Gasteiger partial charge in [-0.1, -0.05) is 0 Å². The minimum Gasteiger partial charge on any atom is -0.497 e. The molecule has 3 aromatic rings. The molecule has 5 rings (SSSR count). The number of hydrogen-bond donors (Lipinski definition) is 0. The van der Waals surface area contributed by atoms with Crippen LogP contribution in [0.3, 0.4) is 0 Å². The number of ether oxygens (including phenoxy) is 3. The lowest BCUT2D eigenvalue weighted by Gasteiger charge is -2.38. The van der Waals surface area contributed by atoms with Gasteiger partial charge in [0.2, 0.25) is 0 Å². The predicted octanol–water partition coefficient (Wildman–Crippen LogP) is 3.71. The van der Waals surface area contributed by atoms with E-state index < -0.39 is 0 Å². The molecule has 2 aromatic heterocycles. The number of nitrogens with zero attached hydrogens (tertiary/aromatic N) is 4. The standard InChI is InChI=1S/C25H28N4O4/c1-28-23(14-22(27-28)21-13-18(31-2)8-9-24(21)32-3)25(30)29-16-6-7-17(29)12-20(11-16)33-19-5-4-10-26-15-19/h4-5,8-10,13-17,20H,6-7,11-12H2,1-3H3. The SMILES string of the molecule is COc1ccc(OC)c(-c2cc(C(=O)N3C4CCC3CC(Oc3cccnc3)C4)n(C)n2)c1. The van der Waals surface area contributed by atoms with E-state index in [2.05, 4.69) is 10.1 Å². The lowest BCUT2D eigenvalue weighted by atomic mass is 9.99. The molecule has 2 aliphatic rings. The van der Waals surface area contributed by atoms with Gasteiger partial charge in [-0.3, -0.25) is 14.5 Å². The van der Waals surface area contributed by atoms with Crippen molar-refractivity contribution in [2.24, 2.45) is 7.05 Å². The first kappa shape index (κ1) is 21.3. The molecule has 0 spiro atoms. The molecule has 0 radical (unpaired) electrons. The van der Waals surface area contributed by atoms with E-state index in [0.717, 1.165) is 37.0 Å². The van der Waals surface area contributed by atoms with Gasteiger partial charge in [0.15, 0.2) is 0 Å². The van der Waals surface area contributed by atoms with Gasteiger partial charge < -0.3 is 19.1 Å². The Bertz CT molecular complexity index is 1130. The van der Waals surface area contributed by atoms with Gasteiger partial charge >= 0.3 is 0 Å². The van der Waals surface area contributed by atoms with Crippen molar-refractivity contribution in [3.05, 3.63) is 54.5 Å². The molecule has 0 saturated carbocycles. The number of piperidine rings is 1. The summed E-state index contributed by atoms with van der Waals surface area (Å²) in [7, 11) is 5.05. The second-order valence-electron chi connectivity index (χ2n) is 8.60. The van der Waals surface area contributed by atoms with E-state index in [-0.39, 0.29) is 24.1 Å². The molecule has 2 fully saturated rings. The van der Waals surface area contributed by atoms with Crippen LogP contribution in [0.2, 0.25) is 0 Å². The van der Waals surface area contributed by atoms with Crippen molar-refractivity contribution >= 4 is 5.91 Å². The molecule has 2 atom stereocenters. The summed E-state index contributed by atoms with van der Waals surface area (Å²) in [5.41, 5.74) is 2.04. The van der Waals surface area contributed by atoms with Crippen LogP contribution in [0.15, 0.2) is 48.8 Å². The number of hydrogen-bond acceptors (Lipinski definition) is 6. The third-order valence-corrected chi connectivity index (χ3v) is 6.64. The van der Waals surface area contributed by atoms with Crippen LogP contribution in [0.25, 0.3) is 11.3 Å². The monoisotopic (exact) mass is 448 g/mol. The number of pyridine rings is 1. The Hall–Kier alpha value is -3.55. The summed E-state index contributed by atoms with van der Waals surface area (Å²) >= 11 is 0. The number of carbonyl (C=O) groups is 1. The highest BCUT2D eigenvalue weighted by atomic mass is 16.5. The number of carbonyl (C=O) groups excluding carboxylic acids is 1. The van der Waals surface area contributed by atoms with Gasteiger partial charge in [0.25, 0.3) is 5.91 Å². The Morgan fingerprint density at radius 2 is 1.82 bits per heavy atom. The van der Waals surface area contributed by atoms with E-state index in [1.165, 1.54) is 0 Å². The Morgan fingerprint density at radius 1 is 1.03 bits per heavy atom. The molecule has 8 nitrogen and oxygen atoms in total. The average Bonchev–Trinajstić information content (AvgIpc) is 3.35. The summed E-state index contributed by atoms with van der Waals surface area (Å²) in [6, 6.07) is 11.5. The van der Waals surface area contributed by atoms with Gasteiger partial charge in [-0.15, -0.1) is 0 Å². The number of fused-ring (bicyclic) bond motifs is 2. The zero-order valence-corrected chi connectivity index (χ0v) is 19.1. The summed E-state index contributed by atoms with van der Waals surface area (Å²) in [6.07, 6.45) is 7.22. The van der Waals surface area contributed by atoms with Crippen molar-refractivity contribution in [2.75, 3.05) is 14.2 Å². The molecule has 172 valence electrons. The van der Waals surface area contributed by atoms with Gasteiger partial charge in [0.05, 0.1) is 26.1 Å². The summed E-state index contributed by atoms with van der Waals surface area (Å²) in [5.74, 6) is 2.19. The fourth-order valence-corrected chi connectivity index (χ4v) is 5.11. The minimum absolute atomic E-state index is 0.0189. The predicted molar refractivity (Wildman–Crippen MR) is 123 cm³/mol. The molecule has 1 aromatic carbocycles. The van der Waals surface area contributed by atoms with E-state index in [9.17, 15) is 4.79 Å². The highest BCUT2D eigenvalue weighted by molar-refractivity contribution is 5.94. The molecule has 2 unspecified atom stereocenters. The third-order valence-electron chi connectivity index (χ3n) is 6.64. The number of benzene rings is 1. The smallest absolute Gasteiger partial charge is 0.272 e. The Morgan fingerprint density at radius 3 is 2.48 bits per heavy atom. The van der Waals surface area contributed by atoms with E-state index >= 15 is 0 Å². The van der Waals surface area contributed by atoms with E-state index in [0.29, 0.717) is 22.9 Å². The van der Waals surface area contributed by atoms with Gasteiger partial charge in [0.1, 0.15) is 29.0 Å². The van der Waals surface area contributed by atoms with Crippen molar-refractivity contribution in [1.29, 1.82) is 0 Å². The third kappa shape index (κ3) is 4.01. The maximum atomic E-state index is 13.6. The summed E-state index contributed by atoms with van der Waals surface area (Å²) in [5, 5.41) is 4.62. The van der Waals surface area contributed by atoms with Crippen molar-refractivity contribution in [3.8, 4) is 28.5 Å². The molecule has 2 aliphatic heterocycles. The van der Waals surface area contributed by atoms with Crippen LogP contribution in [-0.2, 0) is 7.05 Å². The second kappa shape index (κ2) is 8.77. The Labute approximate surface area is 193 Å². The molecule has 4 heterocycles. The average molecular weight is 449 g/mol. The largest absolute Gasteiger partial charge is 0.497 e. The summed E-state index contributed by atoms with van der Waals surface area (Å²) in [6.45, 7) is 0. The van der Waals surface area contributed by atoms with Gasteiger partial charge in [-0.2, -0.15) is 5.10 Å². The molecule has 1 amide bonds. The molecular formula is C25H28N4O4. The number of methoxy groups -OCH3 is 2. The van der Waals surface area contributed by atoms with Crippen molar-refractivity contribution in [2.45, 2.75) is 43.9 Å².